The van der Waals surface area contributed by atoms with Crippen LogP contribution in [0, 0.1) is 6.92 Å². The standard InChI is InChI=1S/C20H23NO/c1-15-6-5-7-18(14-15)21-19(22)13-10-16-8-11-17(12-9-16)20(2,3)4/h5-14H,1-4H3,(H,21,22). The van der Waals surface area contributed by atoms with Crippen molar-refractivity contribution in [3.05, 3.63) is 71.3 Å². The second-order valence-corrected chi connectivity index (χ2v) is 6.56. The van der Waals surface area contributed by atoms with Gasteiger partial charge in [0.05, 0.1) is 0 Å². The van der Waals surface area contributed by atoms with Crippen LogP contribution < -0.4 is 5.32 Å². The summed E-state index contributed by atoms with van der Waals surface area (Å²) in [5.41, 5.74) is 4.39. The highest BCUT2D eigenvalue weighted by Gasteiger charge is 2.12. The lowest BCUT2D eigenvalue weighted by molar-refractivity contribution is -0.111. The Balaban J connectivity index is 2.00. The number of carbonyl (C=O) groups is 1. The summed E-state index contributed by atoms with van der Waals surface area (Å²) in [5, 5.41) is 2.86. The van der Waals surface area contributed by atoms with Gasteiger partial charge in [-0.1, -0.05) is 57.2 Å². The smallest absolute Gasteiger partial charge is 0.248 e. The maximum Gasteiger partial charge on any atom is 0.248 e. The van der Waals surface area contributed by atoms with E-state index in [-0.39, 0.29) is 11.3 Å². The van der Waals surface area contributed by atoms with E-state index in [9.17, 15) is 4.79 Å². The normalized spacial score (nSPS) is 11.6. The first kappa shape index (κ1) is 16.0. The number of hydrogen-bond donors (Lipinski definition) is 1. The highest BCUT2D eigenvalue weighted by atomic mass is 16.1. The molecular weight excluding hydrogens is 270 g/mol. The minimum atomic E-state index is -0.120. The summed E-state index contributed by atoms with van der Waals surface area (Å²) >= 11 is 0. The number of anilines is 1. The Kier molecular flexibility index (Phi) is 4.81. The Morgan fingerprint density at radius 3 is 2.32 bits per heavy atom. The fraction of sp³-hybridized carbons (Fsp3) is 0.250. The van der Waals surface area contributed by atoms with Gasteiger partial charge < -0.3 is 5.32 Å². The van der Waals surface area contributed by atoms with Crippen molar-refractivity contribution in [1.29, 1.82) is 0 Å². The largest absolute Gasteiger partial charge is 0.323 e. The van der Waals surface area contributed by atoms with Crippen molar-refractivity contribution in [2.45, 2.75) is 33.1 Å². The Hall–Kier alpha value is -2.35. The van der Waals surface area contributed by atoms with E-state index in [0.717, 1.165) is 16.8 Å². The van der Waals surface area contributed by atoms with Gasteiger partial charge in [-0.3, -0.25) is 4.79 Å². The van der Waals surface area contributed by atoms with Gasteiger partial charge in [-0.15, -0.1) is 0 Å². The van der Waals surface area contributed by atoms with Crippen LogP contribution in [-0.2, 0) is 10.2 Å². The molecule has 0 radical (unpaired) electrons. The predicted molar refractivity (Wildman–Crippen MR) is 94.0 cm³/mol. The SMILES string of the molecule is Cc1cccc(NC(=O)C=Cc2ccc(C(C)(C)C)cc2)c1. The van der Waals surface area contributed by atoms with Gasteiger partial charge in [0.25, 0.3) is 0 Å². The van der Waals surface area contributed by atoms with Crippen LogP contribution in [0.25, 0.3) is 6.08 Å². The molecule has 0 heterocycles. The minimum Gasteiger partial charge on any atom is -0.323 e. The number of aryl methyl sites for hydroxylation is 1. The van der Waals surface area contributed by atoms with Gasteiger partial charge in [-0.2, -0.15) is 0 Å². The van der Waals surface area contributed by atoms with Gasteiger partial charge in [0.2, 0.25) is 5.91 Å². The second-order valence-electron chi connectivity index (χ2n) is 6.56. The molecule has 0 atom stereocenters. The zero-order valence-electron chi connectivity index (χ0n) is 13.7. The molecule has 22 heavy (non-hydrogen) atoms. The summed E-state index contributed by atoms with van der Waals surface area (Å²) in [7, 11) is 0. The summed E-state index contributed by atoms with van der Waals surface area (Å²) in [4.78, 5) is 11.9. The van der Waals surface area contributed by atoms with Crippen molar-refractivity contribution in [2.75, 3.05) is 5.32 Å². The van der Waals surface area contributed by atoms with Gasteiger partial charge >= 0.3 is 0 Å². The molecule has 2 nitrogen and oxygen atoms in total. The van der Waals surface area contributed by atoms with Crippen molar-refractivity contribution >= 4 is 17.7 Å². The van der Waals surface area contributed by atoms with Gasteiger partial charge in [0.15, 0.2) is 0 Å². The molecule has 114 valence electrons. The van der Waals surface area contributed by atoms with Gasteiger partial charge in [-0.05, 0) is 47.2 Å². The molecule has 0 aliphatic heterocycles. The van der Waals surface area contributed by atoms with E-state index in [1.54, 1.807) is 6.08 Å². The van der Waals surface area contributed by atoms with E-state index < -0.39 is 0 Å². The van der Waals surface area contributed by atoms with E-state index in [1.165, 1.54) is 5.56 Å². The highest BCUT2D eigenvalue weighted by molar-refractivity contribution is 6.01. The van der Waals surface area contributed by atoms with Crippen molar-refractivity contribution < 1.29 is 4.79 Å². The molecule has 0 fully saturated rings. The van der Waals surface area contributed by atoms with E-state index in [2.05, 4.69) is 38.2 Å². The van der Waals surface area contributed by atoms with Crippen molar-refractivity contribution in [1.82, 2.24) is 0 Å². The zero-order chi connectivity index (χ0) is 16.2. The van der Waals surface area contributed by atoms with Crippen LogP contribution in [-0.4, -0.2) is 5.91 Å². The van der Waals surface area contributed by atoms with Crippen LogP contribution in [0.3, 0.4) is 0 Å². The molecule has 1 amide bonds. The Labute approximate surface area is 132 Å². The van der Waals surface area contributed by atoms with Crippen LogP contribution in [0.5, 0.6) is 0 Å². The van der Waals surface area contributed by atoms with E-state index in [1.807, 2.05) is 49.4 Å². The molecule has 2 rings (SSSR count). The molecule has 2 heteroatoms. The Bertz CT molecular complexity index is 676. The third-order valence-corrected chi connectivity index (χ3v) is 3.49. The average Bonchev–Trinajstić information content (AvgIpc) is 2.45. The number of amides is 1. The summed E-state index contributed by atoms with van der Waals surface area (Å²) in [6.45, 7) is 8.57. The predicted octanol–water partition coefficient (Wildman–Crippen LogP) is 4.94. The molecule has 2 aromatic carbocycles. The number of carbonyl (C=O) groups excluding carboxylic acids is 1. The van der Waals surface area contributed by atoms with E-state index in [4.69, 9.17) is 0 Å². The number of benzene rings is 2. The average molecular weight is 293 g/mol. The quantitative estimate of drug-likeness (QED) is 0.797. The van der Waals surface area contributed by atoms with Crippen molar-refractivity contribution in [3.8, 4) is 0 Å². The van der Waals surface area contributed by atoms with Gasteiger partial charge in [0.1, 0.15) is 0 Å². The van der Waals surface area contributed by atoms with Crippen LogP contribution >= 0.6 is 0 Å². The zero-order valence-corrected chi connectivity index (χ0v) is 13.7. The molecular formula is C20H23NO. The third kappa shape index (κ3) is 4.59. The molecule has 0 aliphatic rings. The van der Waals surface area contributed by atoms with E-state index in [0.29, 0.717) is 0 Å². The molecule has 1 N–H and O–H groups in total. The Morgan fingerprint density at radius 2 is 1.73 bits per heavy atom. The number of rotatable bonds is 3. The summed E-state index contributed by atoms with van der Waals surface area (Å²) < 4.78 is 0. The molecule has 0 aliphatic carbocycles. The van der Waals surface area contributed by atoms with Gasteiger partial charge in [-0.25, -0.2) is 0 Å². The van der Waals surface area contributed by atoms with E-state index >= 15 is 0 Å². The third-order valence-electron chi connectivity index (χ3n) is 3.49. The number of nitrogens with one attached hydrogen (secondary N) is 1. The van der Waals surface area contributed by atoms with Crippen molar-refractivity contribution in [3.63, 3.8) is 0 Å². The topological polar surface area (TPSA) is 29.1 Å². The maximum atomic E-state index is 11.9. The first-order valence-corrected chi connectivity index (χ1v) is 7.51. The molecule has 2 aromatic rings. The molecule has 0 saturated carbocycles. The Morgan fingerprint density at radius 1 is 1.05 bits per heavy atom. The van der Waals surface area contributed by atoms with Crippen LogP contribution in [0.4, 0.5) is 5.69 Å². The highest BCUT2D eigenvalue weighted by Crippen LogP contribution is 2.22. The number of hydrogen-bond acceptors (Lipinski definition) is 1. The van der Waals surface area contributed by atoms with Gasteiger partial charge in [0, 0.05) is 11.8 Å². The monoisotopic (exact) mass is 293 g/mol. The second kappa shape index (κ2) is 6.61. The van der Waals surface area contributed by atoms with Crippen LogP contribution in [0.1, 0.15) is 37.5 Å². The molecule has 0 unspecified atom stereocenters. The molecule has 0 saturated heterocycles. The minimum absolute atomic E-state index is 0.120. The lowest BCUT2D eigenvalue weighted by atomic mass is 9.87. The summed E-state index contributed by atoms with van der Waals surface area (Å²) in [6.07, 6.45) is 3.39. The molecule has 0 spiro atoms. The fourth-order valence-electron chi connectivity index (χ4n) is 2.17. The van der Waals surface area contributed by atoms with Crippen molar-refractivity contribution in [2.24, 2.45) is 0 Å². The summed E-state index contributed by atoms with van der Waals surface area (Å²) in [5.74, 6) is -0.120. The van der Waals surface area contributed by atoms with Crippen LogP contribution in [0.15, 0.2) is 54.6 Å². The van der Waals surface area contributed by atoms with Crippen LogP contribution in [0.2, 0.25) is 0 Å². The maximum absolute atomic E-state index is 11.9. The lowest BCUT2D eigenvalue weighted by Gasteiger charge is -2.18. The fourth-order valence-corrected chi connectivity index (χ4v) is 2.17. The lowest BCUT2D eigenvalue weighted by Crippen LogP contribution is -2.10. The first-order chi connectivity index (χ1) is 10.3. The molecule has 0 bridgehead atoms. The molecule has 0 aromatic heterocycles. The summed E-state index contributed by atoms with van der Waals surface area (Å²) in [6, 6.07) is 16.1. The first-order valence-electron chi connectivity index (χ1n) is 7.51.